The quantitative estimate of drug-likeness (QED) is 0.460. The van der Waals surface area contributed by atoms with E-state index >= 15 is 0 Å². The number of aryl methyl sites for hydroxylation is 1. The van der Waals surface area contributed by atoms with Gasteiger partial charge in [-0.15, -0.1) is 0 Å². The SMILES string of the molecule is Cc1ccccc1[C@@]1(CC(=O)N2CCC(Oc3cccnc3)CC2)CC(=O)N(Cc2ccccc2)C1=O. The van der Waals surface area contributed by atoms with Crippen molar-refractivity contribution in [3.8, 4) is 5.75 Å². The summed E-state index contributed by atoms with van der Waals surface area (Å²) in [5.74, 6) is 0.0810. The summed E-state index contributed by atoms with van der Waals surface area (Å²) in [5.41, 5.74) is 1.35. The van der Waals surface area contributed by atoms with Crippen molar-refractivity contribution < 1.29 is 19.1 Å². The smallest absolute Gasteiger partial charge is 0.241 e. The topological polar surface area (TPSA) is 79.8 Å². The average molecular weight is 498 g/mol. The van der Waals surface area contributed by atoms with Crippen LogP contribution in [0.25, 0.3) is 0 Å². The second-order valence-electron chi connectivity index (χ2n) is 9.91. The van der Waals surface area contributed by atoms with Crippen molar-refractivity contribution in [3.05, 3.63) is 95.8 Å². The Morgan fingerprint density at radius 1 is 1.00 bits per heavy atom. The molecule has 7 nitrogen and oxygen atoms in total. The maximum absolute atomic E-state index is 14.0. The normalized spacial score (nSPS) is 20.4. The third kappa shape index (κ3) is 5.12. The lowest BCUT2D eigenvalue weighted by atomic mass is 9.73. The summed E-state index contributed by atoms with van der Waals surface area (Å²) in [6, 6.07) is 20.8. The number of nitrogens with zero attached hydrogens (tertiary/aromatic N) is 3. The van der Waals surface area contributed by atoms with Crippen LogP contribution in [0.4, 0.5) is 0 Å². The van der Waals surface area contributed by atoms with E-state index in [2.05, 4.69) is 4.98 Å². The largest absolute Gasteiger partial charge is 0.489 e. The first-order valence-corrected chi connectivity index (χ1v) is 12.8. The number of carbonyl (C=O) groups excluding carboxylic acids is 3. The Labute approximate surface area is 217 Å². The minimum absolute atomic E-state index is 0.00412. The lowest BCUT2D eigenvalue weighted by Crippen LogP contribution is -2.46. The molecule has 0 N–H and O–H groups in total. The minimum Gasteiger partial charge on any atom is -0.489 e. The van der Waals surface area contributed by atoms with Crippen molar-refractivity contribution in [2.24, 2.45) is 0 Å². The van der Waals surface area contributed by atoms with E-state index in [1.165, 1.54) is 4.90 Å². The fraction of sp³-hybridized carbons (Fsp3) is 0.333. The van der Waals surface area contributed by atoms with Crippen LogP contribution in [0.2, 0.25) is 0 Å². The molecular weight excluding hydrogens is 466 g/mol. The molecule has 37 heavy (non-hydrogen) atoms. The van der Waals surface area contributed by atoms with Gasteiger partial charge >= 0.3 is 0 Å². The van der Waals surface area contributed by atoms with Gasteiger partial charge in [0.15, 0.2) is 0 Å². The molecule has 0 saturated carbocycles. The zero-order valence-electron chi connectivity index (χ0n) is 21.0. The summed E-state index contributed by atoms with van der Waals surface area (Å²) >= 11 is 0. The third-order valence-corrected chi connectivity index (χ3v) is 7.44. The van der Waals surface area contributed by atoms with Gasteiger partial charge in [-0.1, -0.05) is 54.6 Å². The van der Waals surface area contributed by atoms with Crippen molar-refractivity contribution in [3.63, 3.8) is 0 Å². The lowest BCUT2D eigenvalue weighted by Gasteiger charge is -2.35. The van der Waals surface area contributed by atoms with Crippen LogP contribution < -0.4 is 4.74 Å². The Kier molecular flexibility index (Phi) is 7.04. The molecule has 0 spiro atoms. The van der Waals surface area contributed by atoms with Crippen molar-refractivity contribution in [2.75, 3.05) is 13.1 Å². The number of imide groups is 1. The van der Waals surface area contributed by atoms with Crippen LogP contribution >= 0.6 is 0 Å². The first-order valence-electron chi connectivity index (χ1n) is 12.8. The number of pyridine rings is 1. The number of piperidine rings is 1. The van der Waals surface area contributed by atoms with Crippen LogP contribution in [-0.2, 0) is 26.3 Å². The molecule has 2 fully saturated rings. The molecular formula is C30H31N3O4. The number of carbonyl (C=O) groups is 3. The fourth-order valence-corrected chi connectivity index (χ4v) is 5.48. The van der Waals surface area contributed by atoms with E-state index in [-0.39, 0.29) is 43.2 Å². The van der Waals surface area contributed by atoms with Crippen LogP contribution in [0.1, 0.15) is 42.4 Å². The van der Waals surface area contributed by atoms with E-state index in [1.54, 1.807) is 17.3 Å². The van der Waals surface area contributed by atoms with E-state index in [9.17, 15) is 14.4 Å². The number of hydrogen-bond donors (Lipinski definition) is 0. The van der Waals surface area contributed by atoms with Gasteiger partial charge in [0.2, 0.25) is 17.7 Å². The summed E-state index contributed by atoms with van der Waals surface area (Å²) in [5, 5.41) is 0. The fourth-order valence-electron chi connectivity index (χ4n) is 5.48. The van der Waals surface area contributed by atoms with Crippen molar-refractivity contribution in [1.82, 2.24) is 14.8 Å². The van der Waals surface area contributed by atoms with Crippen LogP contribution in [0.15, 0.2) is 79.1 Å². The molecule has 1 atom stereocenters. The van der Waals surface area contributed by atoms with Gasteiger partial charge < -0.3 is 9.64 Å². The zero-order valence-corrected chi connectivity index (χ0v) is 21.0. The summed E-state index contributed by atoms with van der Waals surface area (Å²) in [4.78, 5) is 48.0. The van der Waals surface area contributed by atoms with Gasteiger partial charge in [0, 0.05) is 45.0 Å². The molecule has 5 rings (SSSR count). The highest BCUT2D eigenvalue weighted by atomic mass is 16.5. The Bertz CT molecular complexity index is 1270. The molecule has 1 aromatic heterocycles. The molecule has 0 aliphatic carbocycles. The molecule has 3 amide bonds. The van der Waals surface area contributed by atoms with Crippen molar-refractivity contribution >= 4 is 17.7 Å². The number of hydrogen-bond acceptors (Lipinski definition) is 5. The van der Waals surface area contributed by atoms with Crippen LogP contribution in [0.3, 0.4) is 0 Å². The number of benzene rings is 2. The summed E-state index contributed by atoms with van der Waals surface area (Å²) in [7, 11) is 0. The van der Waals surface area contributed by atoms with Gasteiger partial charge in [-0.05, 0) is 35.7 Å². The molecule has 2 saturated heterocycles. The third-order valence-electron chi connectivity index (χ3n) is 7.44. The predicted octanol–water partition coefficient (Wildman–Crippen LogP) is 4.05. The highest BCUT2D eigenvalue weighted by Crippen LogP contribution is 2.42. The van der Waals surface area contributed by atoms with Crippen LogP contribution in [0.5, 0.6) is 5.75 Å². The molecule has 0 radical (unpaired) electrons. The average Bonchev–Trinajstić information content (AvgIpc) is 3.15. The maximum atomic E-state index is 14.0. The predicted molar refractivity (Wildman–Crippen MR) is 139 cm³/mol. The molecule has 2 aliphatic heterocycles. The minimum atomic E-state index is -1.20. The van der Waals surface area contributed by atoms with E-state index in [0.717, 1.165) is 22.4 Å². The molecule has 2 aromatic carbocycles. The maximum Gasteiger partial charge on any atom is 0.241 e. The van der Waals surface area contributed by atoms with Gasteiger partial charge in [-0.2, -0.15) is 0 Å². The van der Waals surface area contributed by atoms with Gasteiger partial charge in [0.1, 0.15) is 11.9 Å². The van der Waals surface area contributed by atoms with Gasteiger partial charge in [-0.25, -0.2) is 0 Å². The molecule has 190 valence electrons. The Balaban J connectivity index is 1.34. The molecule has 3 heterocycles. The summed E-state index contributed by atoms with van der Waals surface area (Å²) in [6.45, 7) is 3.23. The summed E-state index contributed by atoms with van der Waals surface area (Å²) < 4.78 is 6.02. The van der Waals surface area contributed by atoms with Crippen molar-refractivity contribution in [2.45, 2.75) is 50.7 Å². The highest BCUT2D eigenvalue weighted by molar-refractivity contribution is 6.10. The Morgan fingerprint density at radius 2 is 1.73 bits per heavy atom. The second kappa shape index (κ2) is 10.5. The van der Waals surface area contributed by atoms with Gasteiger partial charge in [-0.3, -0.25) is 24.3 Å². The van der Waals surface area contributed by atoms with E-state index in [0.29, 0.717) is 25.9 Å². The van der Waals surface area contributed by atoms with E-state index in [1.807, 2.05) is 73.7 Å². The standard InChI is InChI=1S/C30H31N3O4/c1-22-8-5-6-12-26(22)30(19-28(35)33(29(30)36)21-23-9-3-2-4-10-23)18-27(34)32-16-13-24(14-17-32)37-25-11-7-15-31-20-25/h2-12,15,20,24H,13-14,16-19,21H2,1H3/t30-/m1/s1. The first-order chi connectivity index (χ1) is 18.0. The Morgan fingerprint density at radius 3 is 2.43 bits per heavy atom. The Hall–Kier alpha value is -4.00. The monoisotopic (exact) mass is 497 g/mol. The number of amides is 3. The molecule has 2 aliphatic rings. The second-order valence-corrected chi connectivity index (χ2v) is 9.91. The molecule has 0 unspecified atom stereocenters. The van der Waals surface area contributed by atoms with E-state index < -0.39 is 5.41 Å². The van der Waals surface area contributed by atoms with Crippen LogP contribution in [-0.4, -0.2) is 51.7 Å². The first kappa shape index (κ1) is 24.7. The molecule has 0 bridgehead atoms. The summed E-state index contributed by atoms with van der Waals surface area (Å²) in [6.07, 6.45) is 4.77. The van der Waals surface area contributed by atoms with E-state index in [4.69, 9.17) is 4.74 Å². The highest BCUT2D eigenvalue weighted by Gasteiger charge is 2.54. The molecule has 7 heteroatoms. The lowest BCUT2D eigenvalue weighted by molar-refractivity contribution is -0.143. The number of rotatable bonds is 7. The number of aromatic nitrogens is 1. The van der Waals surface area contributed by atoms with Crippen LogP contribution in [0, 0.1) is 6.92 Å². The van der Waals surface area contributed by atoms with Gasteiger partial charge in [0.25, 0.3) is 0 Å². The molecule has 3 aromatic rings. The van der Waals surface area contributed by atoms with Gasteiger partial charge in [0.05, 0.1) is 18.2 Å². The number of ether oxygens (including phenoxy) is 1. The van der Waals surface area contributed by atoms with Crippen molar-refractivity contribution in [1.29, 1.82) is 0 Å². The number of likely N-dealkylation sites (tertiary alicyclic amines) is 2. The zero-order chi connectivity index (χ0) is 25.8.